The highest BCUT2D eigenvalue weighted by Crippen LogP contribution is 2.43. The Morgan fingerprint density at radius 2 is 1.74 bits per heavy atom. The first kappa shape index (κ1) is 13.0. The molecule has 0 aromatic heterocycles. The van der Waals surface area contributed by atoms with E-state index >= 15 is 0 Å². The average molecular weight is 259 g/mol. The molecular weight excluding hydrogens is 234 g/mol. The quantitative estimate of drug-likeness (QED) is 0.866. The van der Waals surface area contributed by atoms with E-state index in [9.17, 15) is 0 Å². The Kier molecular flexibility index (Phi) is 3.09. The van der Waals surface area contributed by atoms with E-state index in [1.54, 1.807) is 0 Å². The van der Waals surface area contributed by atoms with E-state index in [2.05, 4.69) is 44.3 Å². The average Bonchev–Trinajstić information content (AvgIpc) is 2.83. The second-order valence-electron chi connectivity index (χ2n) is 7.21. The molecule has 0 radical (unpaired) electrons. The van der Waals surface area contributed by atoms with Crippen LogP contribution in [0.3, 0.4) is 0 Å². The molecule has 1 N–H and O–H groups in total. The maximum Gasteiger partial charge on any atom is 0.124 e. The molecule has 0 saturated heterocycles. The van der Waals surface area contributed by atoms with Gasteiger partial charge in [-0.1, -0.05) is 26.0 Å². The van der Waals surface area contributed by atoms with Crippen LogP contribution < -0.4 is 10.1 Å². The lowest BCUT2D eigenvalue weighted by Crippen LogP contribution is -2.39. The summed E-state index contributed by atoms with van der Waals surface area (Å²) < 4.78 is 6.44. The highest BCUT2D eigenvalue weighted by Gasteiger charge is 2.37. The standard InChI is InChI=1S/C17H25NO/c1-16(2)7-9-17(3,10-8-16)19-15-6-4-5-13-11-18-12-14(13)15/h4-6,18H,7-12H2,1-3H3. The van der Waals surface area contributed by atoms with Gasteiger partial charge in [0.15, 0.2) is 0 Å². The lowest BCUT2D eigenvalue weighted by Gasteiger charge is -2.41. The number of rotatable bonds is 2. The van der Waals surface area contributed by atoms with Crippen molar-refractivity contribution in [1.82, 2.24) is 5.32 Å². The van der Waals surface area contributed by atoms with Crippen LogP contribution in [0.1, 0.15) is 57.6 Å². The van der Waals surface area contributed by atoms with E-state index in [4.69, 9.17) is 4.74 Å². The molecule has 0 unspecified atom stereocenters. The number of fused-ring (bicyclic) bond motifs is 1. The van der Waals surface area contributed by atoms with Crippen LogP contribution in [0.15, 0.2) is 18.2 Å². The molecule has 2 aliphatic rings. The van der Waals surface area contributed by atoms with Gasteiger partial charge in [0.05, 0.1) is 0 Å². The predicted octanol–water partition coefficient (Wildman–Crippen LogP) is 4.03. The zero-order chi connectivity index (χ0) is 13.5. The molecule has 1 fully saturated rings. The van der Waals surface area contributed by atoms with Crippen LogP contribution >= 0.6 is 0 Å². The van der Waals surface area contributed by atoms with Crippen LogP contribution in [0.4, 0.5) is 0 Å². The zero-order valence-corrected chi connectivity index (χ0v) is 12.4. The van der Waals surface area contributed by atoms with Crippen LogP contribution in [-0.2, 0) is 13.1 Å². The predicted molar refractivity (Wildman–Crippen MR) is 78.3 cm³/mol. The first-order valence-electron chi connectivity index (χ1n) is 7.48. The number of nitrogens with one attached hydrogen (secondary N) is 1. The SMILES string of the molecule is CC1(C)CCC(C)(Oc2cccc3c2CNC3)CC1. The van der Waals surface area contributed by atoms with Crippen LogP contribution in [0.25, 0.3) is 0 Å². The van der Waals surface area contributed by atoms with Gasteiger partial charge in [0.1, 0.15) is 11.4 Å². The summed E-state index contributed by atoms with van der Waals surface area (Å²) in [6.07, 6.45) is 4.85. The van der Waals surface area contributed by atoms with Crippen molar-refractivity contribution >= 4 is 0 Å². The molecule has 3 rings (SSSR count). The number of hydrogen-bond acceptors (Lipinski definition) is 2. The molecule has 0 atom stereocenters. The molecule has 1 aliphatic carbocycles. The Hall–Kier alpha value is -1.02. The molecule has 0 bridgehead atoms. The molecule has 1 aliphatic heterocycles. The minimum absolute atomic E-state index is 0.0211. The third-order valence-electron chi connectivity index (χ3n) is 4.86. The Labute approximate surface area is 116 Å². The first-order valence-corrected chi connectivity index (χ1v) is 7.48. The summed E-state index contributed by atoms with van der Waals surface area (Å²) in [6.45, 7) is 8.96. The van der Waals surface area contributed by atoms with Crippen LogP contribution in [0, 0.1) is 5.41 Å². The number of benzene rings is 1. The summed E-state index contributed by atoms with van der Waals surface area (Å²) in [5.41, 5.74) is 3.28. The van der Waals surface area contributed by atoms with Crippen molar-refractivity contribution in [3.63, 3.8) is 0 Å². The maximum absolute atomic E-state index is 6.44. The Morgan fingerprint density at radius 1 is 1.00 bits per heavy atom. The van der Waals surface area contributed by atoms with Gasteiger partial charge in [-0.25, -0.2) is 0 Å². The topological polar surface area (TPSA) is 21.3 Å². The molecule has 1 saturated carbocycles. The molecule has 0 amide bonds. The first-order chi connectivity index (χ1) is 8.98. The molecule has 19 heavy (non-hydrogen) atoms. The maximum atomic E-state index is 6.44. The third kappa shape index (κ3) is 2.64. The molecule has 2 nitrogen and oxygen atoms in total. The lowest BCUT2D eigenvalue weighted by atomic mass is 9.71. The largest absolute Gasteiger partial charge is 0.487 e. The van der Waals surface area contributed by atoms with E-state index < -0.39 is 0 Å². The fourth-order valence-electron chi connectivity index (χ4n) is 3.22. The van der Waals surface area contributed by atoms with Crippen molar-refractivity contribution in [2.75, 3.05) is 0 Å². The van der Waals surface area contributed by atoms with Gasteiger partial charge in [0.2, 0.25) is 0 Å². The second-order valence-corrected chi connectivity index (χ2v) is 7.21. The van der Waals surface area contributed by atoms with Gasteiger partial charge < -0.3 is 10.1 Å². The highest BCUT2D eigenvalue weighted by molar-refractivity contribution is 5.42. The molecule has 1 aromatic carbocycles. The summed E-state index contributed by atoms with van der Waals surface area (Å²) in [6, 6.07) is 6.46. The van der Waals surface area contributed by atoms with Gasteiger partial charge in [0.25, 0.3) is 0 Å². The molecule has 1 heterocycles. The normalized spacial score (nSPS) is 23.9. The molecule has 0 spiro atoms. The van der Waals surface area contributed by atoms with Crippen LogP contribution in [0.2, 0.25) is 0 Å². The molecule has 1 aromatic rings. The smallest absolute Gasteiger partial charge is 0.124 e. The summed E-state index contributed by atoms with van der Waals surface area (Å²) in [7, 11) is 0. The van der Waals surface area contributed by atoms with Gasteiger partial charge in [-0.15, -0.1) is 0 Å². The van der Waals surface area contributed by atoms with Crippen molar-refractivity contribution in [3.05, 3.63) is 29.3 Å². The van der Waals surface area contributed by atoms with Crippen LogP contribution in [-0.4, -0.2) is 5.60 Å². The van der Waals surface area contributed by atoms with Gasteiger partial charge in [-0.3, -0.25) is 0 Å². The zero-order valence-electron chi connectivity index (χ0n) is 12.4. The Balaban J connectivity index is 1.77. The van der Waals surface area contributed by atoms with Gasteiger partial charge >= 0.3 is 0 Å². The third-order valence-corrected chi connectivity index (χ3v) is 4.86. The minimum atomic E-state index is 0.0211. The number of hydrogen-bond donors (Lipinski definition) is 1. The summed E-state index contributed by atoms with van der Waals surface area (Å²) in [5.74, 6) is 1.10. The van der Waals surface area contributed by atoms with Crippen molar-refractivity contribution in [1.29, 1.82) is 0 Å². The van der Waals surface area contributed by atoms with E-state index in [1.807, 2.05) is 0 Å². The van der Waals surface area contributed by atoms with Crippen molar-refractivity contribution in [3.8, 4) is 5.75 Å². The monoisotopic (exact) mass is 259 g/mol. The summed E-state index contributed by atoms with van der Waals surface area (Å²) >= 11 is 0. The fourth-order valence-corrected chi connectivity index (χ4v) is 3.22. The van der Waals surface area contributed by atoms with Crippen molar-refractivity contribution in [2.24, 2.45) is 5.41 Å². The summed E-state index contributed by atoms with van der Waals surface area (Å²) in [4.78, 5) is 0. The Morgan fingerprint density at radius 3 is 2.47 bits per heavy atom. The van der Waals surface area contributed by atoms with Gasteiger partial charge in [0, 0.05) is 18.7 Å². The van der Waals surface area contributed by atoms with Gasteiger partial charge in [-0.05, 0) is 49.7 Å². The second kappa shape index (κ2) is 4.52. The van der Waals surface area contributed by atoms with E-state index in [1.165, 1.54) is 24.0 Å². The van der Waals surface area contributed by atoms with Crippen molar-refractivity contribution < 1.29 is 4.74 Å². The molecule has 104 valence electrons. The fraction of sp³-hybridized carbons (Fsp3) is 0.647. The highest BCUT2D eigenvalue weighted by atomic mass is 16.5. The van der Waals surface area contributed by atoms with Crippen molar-refractivity contribution in [2.45, 2.75) is 65.1 Å². The van der Waals surface area contributed by atoms with E-state index in [-0.39, 0.29) is 5.60 Å². The minimum Gasteiger partial charge on any atom is -0.487 e. The van der Waals surface area contributed by atoms with E-state index in [0.29, 0.717) is 5.41 Å². The van der Waals surface area contributed by atoms with Crippen LogP contribution in [0.5, 0.6) is 5.75 Å². The molecule has 2 heteroatoms. The lowest BCUT2D eigenvalue weighted by molar-refractivity contribution is 0.0118. The van der Waals surface area contributed by atoms with E-state index in [0.717, 1.165) is 31.7 Å². The van der Waals surface area contributed by atoms with Gasteiger partial charge in [-0.2, -0.15) is 0 Å². The molecular formula is C17H25NO. The Bertz CT molecular complexity index is 468. The number of ether oxygens (including phenoxy) is 1. The summed E-state index contributed by atoms with van der Waals surface area (Å²) in [5, 5.41) is 3.41.